The summed E-state index contributed by atoms with van der Waals surface area (Å²) in [7, 11) is 1.65. The Labute approximate surface area is 170 Å². The maximum atomic E-state index is 13.0. The van der Waals surface area contributed by atoms with Gasteiger partial charge in [0.05, 0.1) is 23.9 Å². The number of likely N-dealkylation sites (N-methyl/N-ethyl adjacent to an activating group) is 1. The lowest BCUT2D eigenvalue weighted by Crippen LogP contribution is -2.31. The Morgan fingerprint density at radius 3 is 2.62 bits per heavy atom. The van der Waals surface area contributed by atoms with Crippen molar-refractivity contribution in [3.8, 4) is 0 Å². The molecule has 2 aromatic heterocycles. The lowest BCUT2D eigenvalue weighted by atomic mass is 9.96. The molecule has 0 aliphatic heterocycles. The molecule has 0 spiro atoms. The van der Waals surface area contributed by atoms with Crippen LogP contribution in [0.15, 0.2) is 47.1 Å². The zero-order valence-electron chi connectivity index (χ0n) is 17.1. The fraction of sp³-hybridized carbons (Fsp3) is 0.348. The van der Waals surface area contributed by atoms with Crippen LogP contribution in [0.4, 0.5) is 0 Å². The van der Waals surface area contributed by atoms with Crippen molar-refractivity contribution in [2.45, 2.75) is 39.7 Å². The van der Waals surface area contributed by atoms with Crippen LogP contribution < -0.4 is 0 Å². The number of ether oxygens (including phenoxy) is 1. The first kappa shape index (κ1) is 20.6. The second-order valence-electron chi connectivity index (χ2n) is 6.94. The van der Waals surface area contributed by atoms with Crippen molar-refractivity contribution in [1.29, 1.82) is 0 Å². The summed E-state index contributed by atoms with van der Waals surface area (Å²) in [6.07, 6.45) is 3.95. The van der Waals surface area contributed by atoms with Crippen molar-refractivity contribution in [3.63, 3.8) is 0 Å². The number of nitrogens with zero attached hydrogens (tertiary/aromatic N) is 2. The lowest BCUT2D eigenvalue weighted by Gasteiger charge is -2.17. The molecule has 0 aliphatic rings. The summed E-state index contributed by atoms with van der Waals surface area (Å²) in [5.41, 5.74) is 3.10. The highest BCUT2D eigenvalue weighted by Gasteiger charge is 2.22. The van der Waals surface area contributed by atoms with E-state index >= 15 is 0 Å². The Morgan fingerprint density at radius 2 is 1.93 bits per heavy atom. The van der Waals surface area contributed by atoms with Gasteiger partial charge in [0.25, 0.3) is 5.91 Å². The molecule has 6 nitrogen and oxygen atoms in total. The highest BCUT2D eigenvalue weighted by atomic mass is 16.5. The number of para-hydroxylation sites is 1. The average molecular weight is 394 g/mol. The largest absolute Gasteiger partial charge is 0.467 e. The Bertz CT molecular complexity index is 996. The van der Waals surface area contributed by atoms with Crippen LogP contribution in [0.5, 0.6) is 0 Å². The number of fused-ring (bicyclic) bond motifs is 1. The number of hydrogen-bond donors (Lipinski definition) is 0. The van der Waals surface area contributed by atoms with Crippen LogP contribution in [0, 0.1) is 0 Å². The zero-order valence-corrected chi connectivity index (χ0v) is 17.1. The smallest absolute Gasteiger partial charge is 0.339 e. The number of amides is 1. The van der Waals surface area contributed by atoms with Gasteiger partial charge in [-0.05, 0) is 36.6 Å². The molecule has 0 fully saturated rings. The van der Waals surface area contributed by atoms with Crippen molar-refractivity contribution >= 4 is 22.8 Å². The summed E-state index contributed by atoms with van der Waals surface area (Å²) in [6, 6.07) is 11.1. The van der Waals surface area contributed by atoms with E-state index in [2.05, 4.69) is 6.92 Å². The topological polar surface area (TPSA) is 72.6 Å². The predicted molar refractivity (Wildman–Crippen MR) is 111 cm³/mol. The number of aryl methyl sites for hydroxylation is 1. The highest BCUT2D eigenvalue weighted by Crippen LogP contribution is 2.26. The van der Waals surface area contributed by atoms with E-state index < -0.39 is 5.97 Å². The van der Waals surface area contributed by atoms with E-state index in [4.69, 9.17) is 14.1 Å². The molecule has 0 saturated heterocycles. The van der Waals surface area contributed by atoms with Crippen LogP contribution in [0.2, 0.25) is 0 Å². The molecule has 0 radical (unpaired) electrons. The predicted octanol–water partition coefficient (Wildman–Crippen LogP) is 4.16. The van der Waals surface area contributed by atoms with Gasteiger partial charge in [-0.3, -0.25) is 9.78 Å². The fourth-order valence-corrected chi connectivity index (χ4v) is 3.39. The second-order valence-corrected chi connectivity index (χ2v) is 6.94. The Kier molecular flexibility index (Phi) is 6.65. The summed E-state index contributed by atoms with van der Waals surface area (Å²) in [5, 5.41) is 0.755. The third kappa shape index (κ3) is 4.65. The number of esters is 1. The summed E-state index contributed by atoms with van der Waals surface area (Å²) >= 11 is 0. The third-order valence-corrected chi connectivity index (χ3v) is 4.85. The van der Waals surface area contributed by atoms with Crippen LogP contribution in [0.25, 0.3) is 10.9 Å². The first-order valence-electron chi connectivity index (χ1n) is 9.89. The van der Waals surface area contributed by atoms with Gasteiger partial charge >= 0.3 is 5.97 Å². The van der Waals surface area contributed by atoms with Crippen LogP contribution in [-0.4, -0.2) is 35.4 Å². The molecule has 2 heterocycles. The van der Waals surface area contributed by atoms with Crippen molar-refractivity contribution in [1.82, 2.24) is 9.88 Å². The maximum absolute atomic E-state index is 13.0. The number of rotatable bonds is 8. The number of furan rings is 1. The van der Waals surface area contributed by atoms with Crippen molar-refractivity contribution < 1.29 is 18.7 Å². The van der Waals surface area contributed by atoms with Gasteiger partial charge in [-0.15, -0.1) is 0 Å². The zero-order chi connectivity index (χ0) is 20.8. The molecule has 0 atom stereocenters. The van der Waals surface area contributed by atoms with E-state index in [1.54, 1.807) is 25.4 Å². The first-order valence-corrected chi connectivity index (χ1v) is 9.89. The molecular weight excluding hydrogens is 368 g/mol. The molecule has 0 bridgehead atoms. The number of hydrogen-bond acceptors (Lipinski definition) is 5. The van der Waals surface area contributed by atoms with Gasteiger partial charge < -0.3 is 14.1 Å². The van der Waals surface area contributed by atoms with E-state index in [1.807, 2.05) is 31.2 Å². The SMILES string of the molecule is CCCc1nc2ccccc2c(C(=O)OCC(=O)N(C)Cc2ccco2)c1CC. The summed E-state index contributed by atoms with van der Waals surface area (Å²) < 4.78 is 10.7. The van der Waals surface area contributed by atoms with Crippen molar-refractivity contribution in [3.05, 3.63) is 65.2 Å². The molecule has 29 heavy (non-hydrogen) atoms. The molecule has 1 amide bonds. The molecule has 3 aromatic rings. The van der Waals surface area contributed by atoms with Gasteiger partial charge in [-0.1, -0.05) is 38.5 Å². The van der Waals surface area contributed by atoms with Crippen LogP contribution in [0.1, 0.15) is 47.6 Å². The van der Waals surface area contributed by atoms with Crippen molar-refractivity contribution in [2.24, 2.45) is 0 Å². The van der Waals surface area contributed by atoms with E-state index in [1.165, 1.54) is 4.90 Å². The van der Waals surface area contributed by atoms with Gasteiger partial charge in [0.1, 0.15) is 5.76 Å². The number of pyridine rings is 1. The lowest BCUT2D eigenvalue weighted by molar-refractivity contribution is -0.133. The first-order chi connectivity index (χ1) is 14.0. The van der Waals surface area contributed by atoms with Gasteiger partial charge in [0.15, 0.2) is 6.61 Å². The Morgan fingerprint density at radius 1 is 1.14 bits per heavy atom. The molecule has 6 heteroatoms. The summed E-state index contributed by atoms with van der Waals surface area (Å²) in [5.74, 6) is -0.109. The van der Waals surface area contributed by atoms with Crippen LogP contribution in [-0.2, 0) is 28.9 Å². The Balaban J connectivity index is 1.81. The molecule has 0 N–H and O–H groups in total. The quantitative estimate of drug-likeness (QED) is 0.537. The molecular formula is C23H26N2O4. The molecule has 0 saturated carbocycles. The van der Waals surface area contributed by atoms with E-state index in [9.17, 15) is 9.59 Å². The summed E-state index contributed by atoms with van der Waals surface area (Å²) in [4.78, 5) is 31.6. The maximum Gasteiger partial charge on any atom is 0.339 e. The highest BCUT2D eigenvalue weighted by molar-refractivity contribution is 6.05. The minimum atomic E-state index is -0.488. The van der Waals surface area contributed by atoms with E-state index in [-0.39, 0.29) is 12.5 Å². The number of aromatic nitrogens is 1. The minimum absolute atomic E-state index is 0.292. The van der Waals surface area contributed by atoms with Gasteiger partial charge in [-0.25, -0.2) is 4.79 Å². The van der Waals surface area contributed by atoms with Gasteiger partial charge in [0.2, 0.25) is 0 Å². The van der Waals surface area contributed by atoms with Gasteiger partial charge in [0, 0.05) is 18.1 Å². The van der Waals surface area contributed by atoms with Crippen LogP contribution >= 0.6 is 0 Å². The summed E-state index contributed by atoms with van der Waals surface area (Å²) in [6.45, 7) is 4.09. The Hall–Kier alpha value is -3.15. The molecule has 152 valence electrons. The standard InChI is InChI=1S/C23H26N2O4/c1-4-9-19-17(5-2)22(18-11-6-7-12-20(18)24-19)23(27)29-15-21(26)25(3)14-16-10-8-13-28-16/h6-8,10-13H,4-5,9,14-15H2,1-3H3. The van der Waals surface area contributed by atoms with E-state index in [0.717, 1.165) is 35.0 Å². The average Bonchev–Trinajstić information content (AvgIpc) is 3.23. The van der Waals surface area contributed by atoms with E-state index in [0.29, 0.717) is 24.3 Å². The number of carbonyl (C=O) groups excluding carboxylic acids is 2. The minimum Gasteiger partial charge on any atom is -0.467 e. The second kappa shape index (κ2) is 9.37. The van der Waals surface area contributed by atoms with Crippen molar-refractivity contribution in [2.75, 3.05) is 13.7 Å². The molecule has 0 unspecified atom stereocenters. The van der Waals surface area contributed by atoms with Gasteiger partial charge in [-0.2, -0.15) is 0 Å². The normalized spacial score (nSPS) is 10.9. The molecule has 1 aromatic carbocycles. The number of benzene rings is 1. The van der Waals surface area contributed by atoms with Crippen LogP contribution in [0.3, 0.4) is 0 Å². The fourth-order valence-electron chi connectivity index (χ4n) is 3.39. The number of carbonyl (C=O) groups is 2. The molecule has 3 rings (SSSR count). The molecule has 0 aliphatic carbocycles. The monoisotopic (exact) mass is 394 g/mol. The third-order valence-electron chi connectivity index (χ3n) is 4.85.